The summed E-state index contributed by atoms with van der Waals surface area (Å²) in [5.41, 5.74) is 1.65. The Bertz CT molecular complexity index is 370. The molecule has 0 heterocycles. The first-order valence-corrected chi connectivity index (χ1v) is 7.52. The van der Waals surface area contributed by atoms with Crippen LogP contribution in [0, 0.1) is 5.92 Å². The number of hydrogen-bond donors (Lipinski definition) is 1. The van der Waals surface area contributed by atoms with Crippen LogP contribution in [0.2, 0.25) is 0 Å². The Morgan fingerprint density at radius 1 is 1.53 bits per heavy atom. The van der Waals surface area contributed by atoms with E-state index in [-0.39, 0.29) is 5.91 Å². The number of carbonyl (C=O) groups is 1. The first kappa shape index (κ1) is 14.4. The van der Waals surface area contributed by atoms with Crippen LogP contribution in [0.15, 0.2) is 24.3 Å². The second-order valence-electron chi connectivity index (χ2n) is 4.10. The molecule has 2 nitrogen and oxygen atoms in total. The molecule has 0 aromatic heterocycles. The third-order valence-corrected chi connectivity index (χ3v) is 3.62. The van der Waals surface area contributed by atoms with Crippen LogP contribution >= 0.6 is 23.4 Å². The van der Waals surface area contributed by atoms with Gasteiger partial charge in [0.25, 0.3) is 5.91 Å². The van der Waals surface area contributed by atoms with Crippen molar-refractivity contribution in [2.24, 2.45) is 5.92 Å². The second kappa shape index (κ2) is 7.62. The van der Waals surface area contributed by atoms with Crippen LogP contribution in [-0.4, -0.2) is 24.5 Å². The molecule has 17 heavy (non-hydrogen) atoms. The Balaban J connectivity index is 2.51. The Morgan fingerprint density at radius 2 is 2.29 bits per heavy atom. The Morgan fingerprint density at radius 3 is 2.94 bits per heavy atom. The number of halogens is 1. The lowest BCUT2D eigenvalue weighted by atomic mass is 10.1. The minimum Gasteiger partial charge on any atom is -0.352 e. The van der Waals surface area contributed by atoms with E-state index in [0.717, 1.165) is 11.3 Å². The van der Waals surface area contributed by atoms with Crippen molar-refractivity contribution in [3.05, 3.63) is 35.4 Å². The fraction of sp³-hybridized carbons (Fsp3) is 0.462. The van der Waals surface area contributed by atoms with Gasteiger partial charge in [-0.15, -0.1) is 11.6 Å². The number of hydrogen-bond acceptors (Lipinski definition) is 2. The smallest absolute Gasteiger partial charge is 0.251 e. The molecule has 0 radical (unpaired) electrons. The molecule has 0 aliphatic carbocycles. The quantitative estimate of drug-likeness (QED) is 0.806. The van der Waals surface area contributed by atoms with Crippen molar-refractivity contribution in [1.29, 1.82) is 0 Å². The Kier molecular flexibility index (Phi) is 6.45. The summed E-state index contributed by atoms with van der Waals surface area (Å²) in [5, 5.41) is 2.94. The Labute approximate surface area is 112 Å². The van der Waals surface area contributed by atoms with Gasteiger partial charge >= 0.3 is 0 Å². The zero-order valence-electron chi connectivity index (χ0n) is 10.2. The van der Waals surface area contributed by atoms with Crippen LogP contribution in [0.4, 0.5) is 0 Å². The van der Waals surface area contributed by atoms with E-state index in [1.54, 1.807) is 11.8 Å². The van der Waals surface area contributed by atoms with E-state index < -0.39 is 0 Å². The number of amides is 1. The number of rotatable bonds is 6. The first-order chi connectivity index (χ1) is 8.17. The molecule has 1 N–H and O–H groups in total. The normalized spacial score (nSPS) is 12.2. The average Bonchev–Trinajstić information content (AvgIpc) is 2.36. The number of alkyl halides is 1. The SMILES string of the molecule is CSCC(C)CNC(=O)c1cccc(CCl)c1. The van der Waals surface area contributed by atoms with Crippen LogP contribution in [0.5, 0.6) is 0 Å². The van der Waals surface area contributed by atoms with Crippen molar-refractivity contribution in [1.82, 2.24) is 5.32 Å². The summed E-state index contributed by atoms with van der Waals surface area (Å²) in [6, 6.07) is 7.42. The van der Waals surface area contributed by atoms with Gasteiger partial charge in [0.15, 0.2) is 0 Å². The van der Waals surface area contributed by atoms with Gasteiger partial charge in [0.1, 0.15) is 0 Å². The van der Waals surface area contributed by atoms with Gasteiger partial charge in [-0.1, -0.05) is 19.1 Å². The molecule has 1 atom stereocenters. The monoisotopic (exact) mass is 271 g/mol. The molecule has 1 rings (SSSR count). The van der Waals surface area contributed by atoms with Gasteiger partial charge in [0.05, 0.1) is 0 Å². The van der Waals surface area contributed by atoms with Crippen LogP contribution in [0.3, 0.4) is 0 Å². The molecular formula is C13H18ClNOS. The molecule has 0 saturated heterocycles. The van der Waals surface area contributed by atoms with E-state index in [4.69, 9.17) is 11.6 Å². The van der Waals surface area contributed by atoms with Crippen molar-refractivity contribution in [2.75, 3.05) is 18.6 Å². The van der Waals surface area contributed by atoms with Crippen molar-refractivity contribution >= 4 is 29.3 Å². The van der Waals surface area contributed by atoms with Gasteiger partial charge < -0.3 is 5.32 Å². The summed E-state index contributed by atoms with van der Waals surface area (Å²) < 4.78 is 0. The van der Waals surface area contributed by atoms with Crippen molar-refractivity contribution in [3.8, 4) is 0 Å². The summed E-state index contributed by atoms with van der Waals surface area (Å²) in [6.45, 7) is 2.84. The maximum Gasteiger partial charge on any atom is 0.251 e. The number of carbonyl (C=O) groups excluding carboxylic acids is 1. The molecule has 94 valence electrons. The van der Waals surface area contributed by atoms with Gasteiger partial charge in [0.2, 0.25) is 0 Å². The lowest BCUT2D eigenvalue weighted by molar-refractivity contribution is 0.0949. The molecule has 0 saturated carbocycles. The topological polar surface area (TPSA) is 29.1 Å². The highest BCUT2D eigenvalue weighted by Gasteiger charge is 2.07. The minimum atomic E-state index is -0.0232. The lowest BCUT2D eigenvalue weighted by Gasteiger charge is -2.11. The predicted octanol–water partition coefficient (Wildman–Crippen LogP) is 3.15. The van der Waals surface area contributed by atoms with Gasteiger partial charge in [0, 0.05) is 18.0 Å². The second-order valence-corrected chi connectivity index (χ2v) is 5.28. The van der Waals surface area contributed by atoms with Gasteiger partial charge in [-0.3, -0.25) is 4.79 Å². The molecule has 4 heteroatoms. The number of benzene rings is 1. The lowest BCUT2D eigenvalue weighted by Crippen LogP contribution is -2.29. The van der Waals surface area contributed by atoms with E-state index in [0.29, 0.717) is 23.9 Å². The average molecular weight is 272 g/mol. The Hall–Kier alpha value is -0.670. The molecule has 1 aromatic carbocycles. The highest BCUT2D eigenvalue weighted by atomic mass is 35.5. The van der Waals surface area contributed by atoms with E-state index >= 15 is 0 Å². The van der Waals surface area contributed by atoms with Gasteiger partial charge in [-0.2, -0.15) is 11.8 Å². The molecule has 0 bridgehead atoms. The van der Waals surface area contributed by atoms with Crippen LogP contribution in [-0.2, 0) is 5.88 Å². The molecule has 0 aliphatic heterocycles. The van der Waals surface area contributed by atoms with E-state index in [9.17, 15) is 4.79 Å². The van der Waals surface area contributed by atoms with Crippen molar-refractivity contribution in [2.45, 2.75) is 12.8 Å². The largest absolute Gasteiger partial charge is 0.352 e. The molecule has 1 unspecified atom stereocenters. The third-order valence-electron chi connectivity index (χ3n) is 2.41. The van der Waals surface area contributed by atoms with Crippen molar-refractivity contribution < 1.29 is 4.79 Å². The fourth-order valence-electron chi connectivity index (χ4n) is 1.51. The third kappa shape index (κ3) is 5.00. The fourth-order valence-corrected chi connectivity index (χ4v) is 2.36. The summed E-state index contributed by atoms with van der Waals surface area (Å²) in [7, 11) is 0. The first-order valence-electron chi connectivity index (χ1n) is 5.59. The van der Waals surface area contributed by atoms with E-state index in [2.05, 4.69) is 18.5 Å². The maximum absolute atomic E-state index is 11.9. The summed E-state index contributed by atoms with van der Waals surface area (Å²) in [6.07, 6.45) is 2.07. The molecule has 0 spiro atoms. The molecule has 1 aromatic rings. The standard InChI is InChI=1S/C13H18ClNOS/c1-10(9-17-2)8-15-13(16)12-5-3-4-11(6-12)7-14/h3-6,10H,7-9H2,1-2H3,(H,15,16). The molecule has 1 amide bonds. The van der Waals surface area contributed by atoms with Crippen LogP contribution < -0.4 is 5.32 Å². The highest BCUT2D eigenvalue weighted by molar-refractivity contribution is 7.98. The summed E-state index contributed by atoms with van der Waals surface area (Å²) in [5.74, 6) is 1.96. The molecular weight excluding hydrogens is 254 g/mol. The summed E-state index contributed by atoms with van der Waals surface area (Å²) in [4.78, 5) is 11.9. The highest BCUT2D eigenvalue weighted by Crippen LogP contribution is 2.08. The van der Waals surface area contributed by atoms with Gasteiger partial charge in [-0.25, -0.2) is 0 Å². The molecule has 0 aliphatic rings. The molecule has 0 fully saturated rings. The maximum atomic E-state index is 11.9. The van der Waals surface area contributed by atoms with E-state index in [1.807, 2.05) is 24.3 Å². The zero-order valence-corrected chi connectivity index (χ0v) is 11.8. The van der Waals surface area contributed by atoms with Crippen molar-refractivity contribution in [3.63, 3.8) is 0 Å². The van der Waals surface area contributed by atoms with Gasteiger partial charge in [-0.05, 0) is 35.6 Å². The number of thioether (sulfide) groups is 1. The number of nitrogens with one attached hydrogen (secondary N) is 1. The zero-order chi connectivity index (χ0) is 12.7. The van der Waals surface area contributed by atoms with Crippen LogP contribution in [0.25, 0.3) is 0 Å². The van der Waals surface area contributed by atoms with E-state index in [1.165, 1.54) is 0 Å². The van der Waals surface area contributed by atoms with Crippen LogP contribution in [0.1, 0.15) is 22.8 Å². The minimum absolute atomic E-state index is 0.0232. The summed E-state index contributed by atoms with van der Waals surface area (Å²) >= 11 is 7.53. The predicted molar refractivity (Wildman–Crippen MR) is 75.9 cm³/mol.